The van der Waals surface area contributed by atoms with Gasteiger partial charge in [0.2, 0.25) is 0 Å². The van der Waals surface area contributed by atoms with Gasteiger partial charge in [-0.15, -0.1) is 0 Å². The average Bonchev–Trinajstić information content (AvgIpc) is 2.35. The number of rotatable bonds is 7. The number of aromatic amines is 1. The lowest BCUT2D eigenvalue weighted by atomic mass is 10.2. The first kappa shape index (κ1) is 15.3. The Hall–Kier alpha value is -1.73. The smallest absolute Gasteiger partial charge is 0.328 e. The van der Waals surface area contributed by atoms with E-state index in [0.29, 0.717) is 19.7 Å². The number of carbonyl (C=O) groups excluding carboxylic acids is 1. The van der Waals surface area contributed by atoms with Crippen LogP contribution in [0.2, 0.25) is 0 Å². The first-order valence-electron chi connectivity index (χ1n) is 5.98. The zero-order valence-corrected chi connectivity index (χ0v) is 11.4. The molecule has 0 atom stereocenters. The van der Waals surface area contributed by atoms with Crippen molar-refractivity contribution in [1.82, 2.24) is 14.5 Å². The number of carbonyl (C=O) groups is 1. The Morgan fingerprint density at radius 3 is 2.68 bits per heavy atom. The number of H-pyrrole nitrogens is 1. The van der Waals surface area contributed by atoms with E-state index in [1.54, 1.807) is 7.11 Å². The van der Waals surface area contributed by atoms with Crippen molar-refractivity contribution in [1.29, 1.82) is 0 Å². The van der Waals surface area contributed by atoms with Gasteiger partial charge in [0.05, 0.1) is 12.2 Å². The van der Waals surface area contributed by atoms with Crippen molar-refractivity contribution in [2.75, 3.05) is 33.9 Å². The molecule has 1 aromatic rings. The van der Waals surface area contributed by atoms with Crippen LogP contribution in [0.15, 0.2) is 15.8 Å². The fourth-order valence-electron chi connectivity index (χ4n) is 1.60. The number of aromatic nitrogens is 2. The maximum atomic E-state index is 11.9. The SMILES string of the molecule is COCCN(C)CCn1c(=O)[nH]cc(C(C)=O)c1=O. The molecule has 106 valence electrons. The molecule has 1 rings (SSSR count). The fraction of sp³-hybridized carbons (Fsp3) is 0.583. The van der Waals surface area contributed by atoms with E-state index in [0.717, 1.165) is 10.8 Å². The summed E-state index contributed by atoms with van der Waals surface area (Å²) in [6, 6.07) is 0. The van der Waals surface area contributed by atoms with Gasteiger partial charge < -0.3 is 14.6 Å². The average molecular weight is 269 g/mol. The van der Waals surface area contributed by atoms with Crippen molar-refractivity contribution in [2.24, 2.45) is 0 Å². The Morgan fingerprint density at radius 2 is 2.11 bits per heavy atom. The molecule has 1 heterocycles. The molecule has 0 aliphatic carbocycles. The molecule has 0 saturated carbocycles. The van der Waals surface area contributed by atoms with Gasteiger partial charge in [0.1, 0.15) is 0 Å². The van der Waals surface area contributed by atoms with Crippen molar-refractivity contribution in [3.63, 3.8) is 0 Å². The van der Waals surface area contributed by atoms with Crippen LogP contribution in [-0.4, -0.2) is 54.1 Å². The van der Waals surface area contributed by atoms with E-state index in [1.165, 1.54) is 6.92 Å². The number of nitrogens with one attached hydrogen (secondary N) is 1. The lowest BCUT2D eigenvalue weighted by Gasteiger charge is -2.16. The quantitative estimate of drug-likeness (QED) is 0.663. The molecular weight excluding hydrogens is 250 g/mol. The third-order valence-electron chi connectivity index (χ3n) is 2.82. The second-order valence-corrected chi connectivity index (χ2v) is 4.32. The Morgan fingerprint density at radius 1 is 1.42 bits per heavy atom. The van der Waals surface area contributed by atoms with Gasteiger partial charge in [-0.2, -0.15) is 0 Å². The standard InChI is InChI=1S/C12H19N3O4/c1-9(16)10-8-13-12(18)15(11(10)17)5-4-14(2)6-7-19-3/h8H,4-7H2,1-3H3,(H,13,18). The van der Waals surface area contributed by atoms with Crippen LogP contribution in [-0.2, 0) is 11.3 Å². The lowest BCUT2D eigenvalue weighted by molar-refractivity contribution is 0.101. The summed E-state index contributed by atoms with van der Waals surface area (Å²) in [4.78, 5) is 39.1. The largest absolute Gasteiger partial charge is 0.383 e. The molecule has 19 heavy (non-hydrogen) atoms. The highest BCUT2D eigenvalue weighted by atomic mass is 16.5. The number of methoxy groups -OCH3 is 1. The van der Waals surface area contributed by atoms with E-state index >= 15 is 0 Å². The first-order chi connectivity index (χ1) is 8.97. The highest BCUT2D eigenvalue weighted by Crippen LogP contribution is 1.89. The summed E-state index contributed by atoms with van der Waals surface area (Å²) in [5, 5.41) is 0. The number of ether oxygens (including phenoxy) is 1. The second kappa shape index (κ2) is 7.01. The van der Waals surface area contributed by atoms with Crippen LogP contribution in [0.3, 0.4) is 0 Å². The van der Waals surface area contributed by atoms with Crippen molar-refractivity contribution in [3.05, 3.63) is 32.6 Å². The second-order valence-electron chi connectivity index (χ2n) is 4.32. The van der Waals surface area contributed by atoms with Crippen LogP contribution in [0.1, 0.15) is 17.3 Å². The fourth-order valence-corrected chi connectivity index (χ4v) is 1.60. The summed E-state index contributed by atoms with van der Waals surface area (Å²) in [6.07, 6.45) is 1.16. The van der Waals surface area contributed by atoms with Gasteiger partial charge >= 0.3 is 5.69 Å². The van der Waals surface area contributed by atoms with Crippen LogP contribution in [0, 0.1) is 0 Å². The summed E-state index contributed by atoms with van der Waals surface area (Å²) >= 11 is 0. The Balaban J connectivity index is 2.84. The zero-order chi connectivity index (χ0) is 14.4. The summed E-state index contributed by atoms with van der Waals surface area (Å²) in [5.41, 5.74) is -1.05. The minimum atomic E-state index is -0.545. The van der Waals surface area contributed by atoms with Gasteiger partial charge in [-0.1, -0.05) is 0 Å². The summed E-state index contributed by atoms with van der Waals surface area (Å²) in [6.45, 7) is 3.33. The van der Waals surface area contributed by atoms with E-state index in [9.17, 15) is 14.4 Å². The van der Waals surface area contributed by atoms with Crippen molar-refractivity contribution >= 4 is 5.78 Å². The third-order valence-corrected chi connectivity index (χ3v) is 2.82. The van der Waals surface area contributed by atoms with E-state index in [4.69, 9.17) is 4.74 Å². The molecule has 0 spiro atoms. The molecule has 1 N–H and O–H groups in total. The highest BCUT2D eigenvalue weighted by molar-refractivity contribution is 5.93. The third kappa shape index (κ3) is 4.15. The molecule has 0 aliphatic rings. The Bertz CT molecular complexity index is 547. The van der Waals surface area contributed by atoms with Crippen LogP contribution < -0.4 is 11.2 Å². The molecule has 7 heteroatoms. The molecule has 0 aromatic carbocycles. The van der Waals surface area contributed by atoms with Gasteiger partial charge in [-0.05, 0) is 14.0 Å². The van der Waals surface area contributed by atoms with Gasteiger partial charge in [0.25, 0.3) is 5.56 Å². The van der Waals surface area contributed by atoms with E-state index in [2.05, 4.69) is 4.98 Å². The van der Waals surface area contributed by atoms with Crippen LogP contribution in [0.25, 0.3) is 0 Å². The normalized spacial score (nSPS) is 10.9. The van der Waals surface area contributed by atoms with E-state index in [1.807, 2.05) is 11.9 Å². The van der Waals surface area contributed by atoms with Gasteiger partial charge in [0, 0.05) is 32.9 Å². The molecule has 0 amide bonds. The summed E-state index contributed by atoms with van der Waals surface area (Å²) in [5.74, 6) is -0.359. The predicted octanol–water partition coefficient (Wildman–Crippen LogP) is -0.683. The maximum absolute atomic E-state index is 11.9. The molecule has 0 unspecified atom stereocenters. The number of nitrogens with zero attached hydrogens (tertiary/aromatic N) is 2. The molecule has 7 nitrogen and oxygen atoms in total. The topological polar surface area (TPSA) is 84.4 Å². The van der Waals surface area contributed by atoms with Crippen molar-refractivity contribution < 1.29 is 9.53 Å². The number of likely N-dealkylation sites (N-methyl/N-ethyl adjacent to an activating group) is 1. The molecule has 1 aromatic heterocycles. The van der Waals surface area contributed by atoms with Crippen molar-refractivity contribution in [2.45, 2.75) is 13.5 Å². The van der Waals surface area contributed by atoms with Gasteiger partial charge in [-0.3, -0.25) is 14.2 Å². The summed E-state index contributed by atoms with van der Waals surface area (Å²) in [7, 11) is 3.48. The van der Waals surface area contributed by atoms with Crippen LogP contribution in [0.5, 0.6) is 0 Å². The van der Waals surface area contributed by atoms with Crippen LogP contribution in [0.4, 0.5) is 0 Å². The number of Topliss-reactive ketones (excluding diaryl/α,β-unsaturated/α-hetero) is 1. The molecule has 0 saturated heterocycles. The van der Waals surface area contributed by atoms with E-state index < -0.39 is 11.2 Å². The highest BCUT2D eigenvalue weighted by Gasteiger charge is 2.11. The number of hydrogen-bond donors (Lipinski definition) is 1. The Labute approximate surface area is 110 Å². The molecule has 0 fully saturated rings. The Kier molecular flexibility index (Phi) is 5.65. The number of hydrogen-bond acceptors (Lipinski definition) is 5. The predicted molar refractivity (Wildman–Crippen MR) is 70.7 cm³/mol. The van der Waals surface area contributed by atoms with Gasteiger partial charge in [-0.25, -0.2) is 4.79 Å². The molecular formula is C12H19N3O4. The molecule has 0 radical (unpaired) electrons. The zero-order valence-electron chi connectivity index (χ0n) is 11.4. The molecule has 0 bridgehead atoms. The summed E-state index contributed by atoms with van der Waals surface area (Å²) < 4.78 is 5.98. The van der Waals surface area contributed by atoms with Gasteiger partial charge in [0.15, 0.2) is 5.78 Å². The maximum Gasteiger partial charge on any atom is 0.328 e. The number of ketones is 1. The lowest BCUT2D eigenvalue weighted by Crippen LogP contribution is -2.40. The van der Waals surface area contributed by atoms with Crippen molar-refractivity contribution in [3.8, 4) is 0 Å². The van der Waals surface area contributed by atoms with Crippen LogP contribution >= 0.6 is 0 Å². The van der Waals surface area contributed by atoms with E-state index in [-0.39, 0.29) is 17.9 Å². The minimum Gasteiger partial charge on any atom is -0.383 e. The first-order valence-corrected chi connectivity index (χ1v) is 5.98. The minimum absolute atomic E-state index is 0.000792. The monoisotopic (exact) mass is 269 g/mol. The molecule has 0 aliphatic heterocycles.